The normalized spacial score (nSPS) is 11.0. The number of quaternary nitrogens is 1. The molecular formula is C4H13N2+. The van der Waals surface area contributed by atoms with E-state index in [1.165, 1.54) is 5.01 Å². The minimum Gasteiger partial charge on any atom is -0.260 e. The Labute approximate surface area is 39.3 Å². The molecule has 2 heteroatoms. The van der Waals surface area contributed by atoms with Gasteiger partial charge in [0.15, 0.2) is 0 Å². The fourth-order valence-electron chi connectivity index (χ4n) is 0. The van der Waals surface area contributed by atoms with E-state index >= 15 is 0 Å². The summed E-state index contributed by atoms with van der Waals surface area (Å²) in [6.07, 6.45) is 0. The Morgan fingerprint density at radius 2 is 1.33 bits per heavy atom. The van der Waals surface area contributed by atoms with Crippen molar-refractivity contribution in [3.63, 3.8) is 0 Å². The van der Waals surface area contributed by atoms with Crippen molar-refractivity contribution < 1.29 is 5.01 Å². The van der Waals surface area contributed by atoms with E-state index in [0.717, 1.165) is 0 Å². The molecule has 0 spiro atoms. The SMILES string of the molecule is CN(C)[NH+](C)C. The maximum Gasteiger partial charge on any atom is 0.0841 e. The maximum absolute atomic E-state index is 2.08. The Hall–Kier alpha value is -0.0800. The predicted octanol–water partition coefficient (Wildman–Crippen LogP) is -1.39. The molecule has 0 saturated carbocycles. The maximum atomic E-state index is 2.08. The first-order valence-electron chi connectivity index (χ1n) is 2.12. The molecule has 38 valence electrons. The van der Waals surface area contributed by atoms with Gasteiger partial charge in [-0.2, -0.15) is 5.01 Å². The monoisotopic (exact) mass is 89.1 g/mol. The molecule has 0 aromatic heterocycles. The lowest BCUT2D eigenvalue weighted by Gasteiger charge is -2.13. The molecule has 0 fully saturated rings. The Balaban J connectivity index is 2.99. The average molecular weight is 89.2 g/mol. The zero-order valence-electron chi connectivity index (χ0n) is 4.95. The quantitative estimate of drug-likeness (QED) is 0.389. The molecule has 0 aliphatic heterocycles. The van der Waals surface area contributed by atoms with E-state index in [-0.39, 0.29) is 0 Å². The zero-order chi connectivity index (χ0) is 5.15. The van der Waals surface area contributed by atoms with E-state index in [1.807, 2.05) is 14.1 Å². The van der Waals surface area contributed by atoms with E-state index in [0.29, 0.717) is 0 Å². The third-order valence-electron chi connectivity index (χ3n) is 0.894. The van der Waals surface area contributed by atoms with Gasteiger partial charge in [0.1, 0.15) is 0 Å². The zero-order valence-corrected chi connectivity index (χ0v) is 4.95. The first-order chi connectivity index (χ1) is 2.64. The van der Waals surface area contributed by atoms with Gasteiger partial charge in [-0.25, -0.2) is 0 Å². The number of hydrogen-bond donors (Lipinski definition) is 1. The van der Waals surface area contributed by atoms with Crippen LogP contribution in [-0.2, 0) is 0 Å². The summed E-state index contributed by atoms with van der Waals surface area (Å²) >= 11 is 0. The van der Waals surface area contributed by atoms with E-state index in [4.69, 9.17) is 0 Å². The first-order valence-corrected chi connectivity index (χ1v) is 2.12. The van der Waals surface area contributed by atoms with Crippen LogP contribution in [0.5, 0.6) is 0 Å². The summed E-state index contributed by atoms with van der Waals surface area (Å²) in [4.78, 5) is 0. The number of nitrogens with zero attached hydrogens (tertiary/aromatic N) is 1. The van der Waals surface area contributed by atoms with Gasteiger partial charge in [0.05, 0.1) is 14.1 Å². The van der Waals surface area contributed by atoms with Crippen LogP contribution in [0, 0.1) is 0 Å². The van der Waals surface area contributed by atoms with Crippen LogP contribution in [0.3, 0.4) is 0 Å². The van der Waals surface area contributed by atoms with Gasteiger partial charge >= 0.3 is 0 Å². The Bertz CT molecular complexity index is 26.5. The third-order valence-corrected chi connectivity index (χ3v) is 0.894. The third kappa shape index (κ3) is 2.18. The molecule has 1 N–H and O–H groups in total. The van der Waals surface area contributed by atoms with Crippen LogP contribution in [0.2, 0.25) is 0 Å². The van der Waals surface area contributed by atoms with Gasteiger partial charge < -0.3 is 0 Å². The van der Waals surface area contributed by atoms with Crippen LogP contribution in [-0.4, -0.2) is 33.2 Å². The highest BCUT2D eigenvalue weighted by Gasteiger charge is 1.89. The van der Waals surface area contributed by atoms with Crippen LogP contribution in [0.1, 0.15) is 0 Å². The second-order valence-electron chi connectivity index (χ2n) is 1.84. The number of rotatable bonds is 1. The van der Waals surface area contributed by atoms with E-state index in [9.17, 15) is 0 Å². The largest absolute Gasteiger partial charge is 0.260 e. The molecule has 0 unspecified atom stereocenters. The standard InChI is InChI=1S/C4H12N2/c1-5(2)6(3)4/h1-4H3/p+1. The van der Waals surface area contributed by atoms with Crippen LogP contribution in [0.25, 0.3) is 0 Å². The summed E-state index contributed by atoms with van der Waals surface area (Å²) in [6.45, 7) is 0. The van der Waals surface area contributed by atoms with Gasteiger partial charge in [-0.15, -0.1) is 0 Å². The van der Waals surface area contributed by atoms with Gasteiger partial charge in [-0.1, -0.05) is 0 Å². The van der Waals surface area contributed by atoms with Crippen molar-refractivity contribution >= 4 is 0 Å². The smallest absolute Gasteiger partial charge is 0.0841 e. The predicted molar refractivity (Wildman–Crippen MR) is 26.5 cm³/mol. The lowest BCUT2D eigenvalue weighted by atomic mass is 11.0. The highest BCUT2D eigenvalue weighted by Crippen LogP contribution is 1.40. The molecule has 0 aliphatic rings. The van der Waals surface area contributed by atoms with Gasteiger partial charge in [-0.05, 0) is 0 Å². The Kier molecular flexibility index (Phi) is 2.13. The van der Waals surface area contributed by atoms with Crippen LogP contribution in [0.15, 0.2) is 0 Å². The summed E-state index contributed by atoms with van der Waals surface area (Å²) in [5.41, 5.74) is 0. The second kappa shape index (κ2) is 2.16. The summed E-state index contributed by atoms with van der Waals surface area (Å²) < 4.78 is 0. The van der Waals surface area contributed by atoms with Gasteiger partial charge in [-0.3, -0.25) is 5.01 Å². The number of nitrogens with one attached hydrogen (secondary N) is 1. The molecule has 0 aliphatic carbocycles. The molecule has 0 rings (SSSR count). The minimum atomic E-state index is 1.34. The van der Waals surface area contributed by atoms with Crippen molar-refractivity contribution in [1.82, 2.24) is 5.01 Å². The average Bonchev–Trinajstić information content (AvgIpc) is 1.36. The lowest BCUT2D eigenvalue weighted by molar-refractivity contribution is -0.975. The van der Waals surface area contributed by atoms with Crippen molar-refractivity contribution in [2.45, 2.75) is 0 Å². The molecule has 0 heterocycles. The molecule has 0 bridgehead atoms. The van der Waals surface area contributed by atoms with E-state index in [2.05, 4.69) is 19.1 Å². The van der Waals surface area contributed by atoms with E-state index < -0.39 is 0 Å². The fourth-order valence-corrected chi connectivity index (χ4v) is 0. The van der Waals surface area contributed by atoms with Crippen molar-refractivity contribution in [1.29, 1.82) is 0 Å². The van der Waals surface area contributed by atoms with E-state index in [1.54, 1.807) is 0 Å². The lowest BCUT2D eigenvalue weighted by Crippen LogP contribution is -3.11. The molecule has 0 aromatic carbocycles. The van der Waals surface area contributed by atoms with Gasteiger partial charge in [0.2, 0.25) is 0 Å². The van der Waals surface area contributed by atoms with Crippen molar-refractivity contribution in [2.75, 3.05) is 28.2 Å². The van der Waals surface area contributed by atoms with Crippen molar-refractivity contribution in [3.8, 4) is 0 Å². The molecule has 6 heavy (non-hydrogen) atoms. The van der Waals surface area contributed by atoms with Crippen LogP contribution >= 0.6 is 0 Å². The topological polar surface area (TPSA) is 7.68 Å². The fraction of sp³-hybridized carbons (Fsp3) is 1.00. The van der Waals surface area contributed by atoms with Crippen LogP contribution in [0.4, 0.5) is 0 Å². The second-order valence-corrected chi connectivity index (χ2v) is 1.84. The first kappa shape index (κ1) is 5.92. The summed E-state index contributed by atoms with van der Waals surface area (Å²) in [7, 11) is 8.24. The summed E-state index contributed by atoms with van der Waals surface area (Å²) in [5, 5.41) is 3.43. The highest BCUT2D eigenvalue weighted by atomic mass is 15.6. The molecule has 0 atom stereocenters. The molecular weight excluding hydrogens is 76.1 g/mol. The highest BCUT2D eigenvalue weighted by molar-refractivity contribution is 3.95. The summed E-state index contributed by atoms with van der Waals surface area (Å²) in [5.74, 6) is 0. The van der Waals surface area contributed by atoms with Crippen molar-refractivity contribution in [3.05, 3.63) is 0 Å². The number of hydrogen-bond acceptors (Lipinski definition) is 1. The molecule has 0 saturated heterocycles. The molecule has 2 nitrogen and oxygen atoms in total. The van der Waals surface area contributed by atoms with Crippen molar-refractivity contribution in [2.24, 2.45) is 0 Å². The summed E-state index contributed by atoms with van der Waals surface area (Å²) in [6, 6.07) is 0. The molecule has 0 radical (unpaired) electrons. The van der Waals surface area contributed by atoms with Gasteiger partial charge in [0, 0.05) is 14.1 Å². The van der Waals surface area contributed by atoms with Gasteiger partial charge in [0.25, 0.3) is 0 Å². The van der Waals surface area contributed by atoms with Crippen LogP contribution < -0.4 is 5.01 Å². The molecule has 0 aromatic rings. The Morgan fingerprint density at radius 3 is 1.33 bits per heavy atom. The molecule has 0 amide bonds. The minimum absolute atomic E-state index is 1.34. The Morgan fingerprint density at radius 1 is 1.17 bits per heavy atom.